The molecule has 6 rings (SSSR count). The number of hydrogen-bond donors (Lipinski definition) is 1. The molecule has 1 aliphatic heterocycles. The zero-order chi connectivity index (χ0) is 28.7. The molecule has 5 aromatic rings. The van der Waals surface area contributed by atoms with Crippen LogP contribution in [0.25, 0.3) is 28.2 Å². The second kappa shape index (κ2) is 10.5. The van der Waals surface area contributed by atoms with Crippen LogP contribution in [0.3, 0.4) is 0 Å². The van der Waals surface area contributed by atoms with E-state index >= 15 is 0 Å². The first kappa shape index (κ1) is 26.2. The van der Waals surface area contributed by atoms with Crippen molar-refractivity contribution in [2.75, 3.05) is 6.61 Å². The average molecular weight is 565 g/mol. The number of hydrogen-bond acceptors (Lipinski definition) is 7. The van der Waals surface area contributed by atoms with Crippen molar-refractivity contribution in [3.8, 4) is 11.3 Å². The largest absolute Gasteiger partial charge is 0.478 e. The van der Waals surface area contributed by atoms with Gasteiger partial charge in [0.2, 0.25) is 0 Å². The van der Waals surface area contributed by atoms with E-state index in [4.69, 9.17) is 14.3 Å². The fraction of sp³-hybridized carbons (Fsp3) is 0.125. The predicted molar refractivity (Wildman–Crippen MR) is 155 cm³/mol. The number of rotatable bonds is 6. The molecule has 2 aromatic heterocycles. The number of ether oxygens (including phenoxy) is 1. The molecular weight excluding hydrogens is 540 g/mol. The molecule has 1 atom stereocenters. The Balaban J connectivity index is 1.49. The summed E-state index contributed by atoms with van der Waals surface area (Å²) in [6, 6.07) is 22.8. The van der Waals surface area contributed by atoms with Gasteiger partial charge in [0.25, 0.3) is 5.56 Å². The molecule has 0 spiro atoms. The van der Waals surface area contributed by atoms with Gasteiger partial charge in [0.1, 0.15) is 11.5 Å². The van der Waals surface area contributed by atoms with Crippen molar-refractivity contribution in [3.63, 3.8) is 0 Å². The van der Waals surface area contributed by atoms with Crippen LogP contribution in [0.5, 0.6) is 0 Å². The molecule has 3 heterocycles. The van der Waals surface area contributed by atoms with Gasteiger partial charge < -0.3 is 14.3 Å². The van der Waals surface area contributed by atoms with Crippen molar-refractivity contribution < 1.29 is 23.8 Å². The third kappa shape index (κ3) is 4.70. The summed E-state index contributed by atoms with van der Waals surface area (Å²) in [6.45, 7) is 3.70. The lowest BCUT2D eigenvalue weighted by Gasteiger charge is -2.25. The molecule has 0 radical (unpaired) electrons. The molecule has 0 unspecified atom stereocenters. The van der Waals surface area contributed by atoms with Gasteiger partial charge in [0.05, 0.1) is 34.0 Å². The van der Waals surface area contributed by atoms with Gasteiger partial charge in [0.15, 0.2) is 4.80 Å². The first-order valence-corrected chi connectivity index (χ1v) is 13.8. The molecule has 204 valence electrons. The summed E-state index contributed by atoms with van der Waals surface area (Å²) in [5.41, 5.74) is 2.22. The number of allylic oxidation sites excluding steroid dienone is 1. The Morgan fingerprint density at radius 2 is 1.80 bits per heavy atom. The van der Waals surface area contributed by atoms with E-state index in [2.05, 4.69) is 4.99 Å². The van der Waals surface area contributed by atoms with Crippen molar-refractivity contribution in [3.05, 3.63) is 127 Å². The summed E-state index contributed by atoms with van der Waals surface area (Å²) in [5, 5.41) is 11.1. The highest BCUT2D eigenvalue weighted by Crippen LogP contribution is 2.34. The highest BCUT2D eigenvalue weighted by atomic mass is 32.1. The van der Waals surface area contributed by atoms with Crippen LogP contribution in [0.4, 0.5) is 0 Å². The first-order chi connectivity index (χ1) is 19.9. The molecule has 0 fully saturated rings. The van der Waals surface area contributed by atoms with E-state index < -0.39 is 18.0 Å². The van der Waals surface area contributed by atoms with E-state index in [0.29, 0.717) is 37.7 Å². The molecule has 1 N–H and O–H groups in total. The fourth-order valence-corrected chi connectivity index (χ4v) is 6.09. The van der Waals surface area contributed by atoms with Gasteiger partial charge in [-0.15, -0.1) is 0 Å². The number of thiazole rings is 1. The van der Waals surface area contributed by atoms with Crippen LogP contribution < -0.4 is 14.9 Å². The zero-order valence-corrected chi connectivity index (χ0v) is 23.0. The maximum Gasteiger partial charge on any atom is 0.338 e. The Kier molecular flexibility index (Phi) is 6.72. The molecule has 8 nitrogen and oxygen atoms in total. The van der Waals surface area contributed by atoms with Crippen LogP contribution in [0, 0.1) is 0 Å². The number of carbonyl (C=O) groups excluding carboxylic acids is 1. The number of benzene rings is 3. The quantitative estimate of drug-likeness (QED) is 0.294. The lowest BCUT2D eigenvalue weighted by Crippen LogP contribution is -2.40. The monoisotopic (exact) mass is 564 g/mol. The number of nitrogens with zero attached hydrogens (tertiary/aromatic N) is 2. The van der Waals surface area contributed by atoms with Crippen molar-refractivity contribution >= 4 is 40.1 Å². The molecule has 3 aromatic carbocycles. The highest BCUT2D eigenvalue weighted by Gasteiger charge is 2.34. The number of aromatic nitrogens is 1. The van der Waals surface area contributed by atoms with Crippen LogP contribution >= 0.6 is 11.3 Å². The lowest BCUT2D eigenvalue weighted by atomic mass is 9.91. The molecule has 0 bridgehead atoms. The lowest BCUT2D eigenvalue weighted by molar-refractivity contribution is -0.139. The summed E-state index contributed by atoms with van der Waals surface area (Å²) < 4.78 is 13.4. The van der Waals surface area contributed by atoms with Gasteiger partial charge in [-0.2, -0.15) is 0 Å². The average Bonchev–Trinajstić information content (AvgIpc) is 3.56. The van der Waals surface area contributed by atoms with E-state index in [1.54, 1.807) is 48.8 Å². The summed E-state index contributed by atoms with van der Waals surface area (Å²) in [6.07, 6.45) is 1.66. The molecule has 0 saturated heterocycles. The van der Waals surface area contributed by atoms with Gasteiger partial charge in [-0.3, -0.25) is 9.36 Å². The Labute approximate surface area is 237 Å². The van der Waals surface area contributed by atoms with Gasteiger partial charge >= 0.3 is 11.9 Å². The summed E-state index contributed by atoms with van der Waals surface area (Å²) in [5.74, 6) is -0.522. The first-order valence-electron chi connectivity index (χ1n) is 13.0. The minimum absolute atomic E-state index is 0.180. The molecule has 0 aliphatic carbocycles. The molecular formula is C32H24N2O6S. The van der Waals surface area contributed by atoms with Crippen LogP contribution in [-0.4, -0.2) is 28.2 Å². The Morgan fingerprint density at radius 1 is 1.05 bits per heavy atom. The zero-order valence-electron chi connectivity index (χ0n) is 22.2. The van der Waals surface area contributed by atoms with E-state index in [9.17, 15) is 14.4 Å². The second-order valence-electron chi connectivity index (χ2n) is 9.46. The van der Waals surface area contributed by atoms with Crippen molar-refractivity contribution in [2.24, 2.45) is 4.99 Å². The Bertz CT molecular complexity index is 2040. The molecule has 41 heavy (non-hydrogen) atoms. The number of esters is 1. The smallest absolute Gasteiger partial charge is 0.338 e. The Hall–Kier alpha value is -5.02. The van der Waals surface area contributed by atoms with Crippen LogP contribution in [0.2, 0.25) is 0 Å². The maximum absolute atomic E-state index is 14.0. The maximum atomic E-state index is 14.0. The third-order valence-corrected chi connectivity index (χ3v) is 7.93. The minimum Gasteiger partial charge on any atom is -0.478 e. The highest BCUT2D eigenvalue weighted by molar-refractivity contribution is 7.07. The second-order valence-corrected chi connectivity index (χ2v) is 10.5. The Morgan fingerprint density at radius 3 is 2.56 bits per heavy atom. The predicted octanol–water partition coefficient (Wildman–Crippen LogP) is 4.91. The standard InChI is InChI=1S/C32H24N2O6S/c1-3-39-31(38)27-18(2)33-32-34(28(27)24-10-6-8-19-7-4-5-9-23(19)24)29(35)26(41-32)17-22-15-16-25(40-22)20-11-13-21(14-12-20)30(36)37/h4-17,28H,3H2,1-2H3,(H,36,37)/b26-17-/t28-/m1/s1. The minimum atomic E-state index is -1.00. The van der Waals surface area contributed by atoms with Crippen LogP contribution in [0.1, 0.15) is 41.6 Å². The topological polar surface area (TPSA) is 111 Å². The van der Waals surface area contributed by atoms with Gasteiger partial charge in [-0.1, -0.05) is 65.9 Å². The summed E-state index contributed by atoms with van der Waals surface area (Å²) >= 11 is 1.22. The fourth-order valence-electron chi connectivity index (χ4n) is 5.07. The van der Waals surface area contributed by atoms with Crippen LogP contribution in [0.15, 0.2) is 104 Å². The third-order valence-electron chi connectivity index (χ3n) is 6.95. The van der Waals surface area contributed by atoms with Crippen molar-refractivity contribution in [2.45, 2.75) is 19.9 Å². The number of carboxylic acid groups (broad SMARTS) is 1. The van der Waals surface area contributed by atoms with E-state index in [1.807, 2.05) is 42.5 Å². The molecule has 0 amide bonds. The number of carbonyl (C=O) groups is 2. The molecule has 9 heteroatoms. The van der Waals surface area contributed by atoms with E-state index in [0.717, 1.165) is 16.3 Å². The normalized spacial score (nSPS) is 15.1. The van der Waals surface area contributed by atoms with Gasteiger partial charge in [0, 0.05) is 11.6 Å². The van der Waals surface area contributed by atoms with Crippen molar-refractivity contribution in [1.29, 1.82) is 0 Å². The number of furan rings is 1. The van der Waals surface area contributed by atoms with Gasteiger partial charge in [-0.25, -0.2) is 14.6 Å². The number of aromatic carboxylic acids is 1. The SMILES string of the molecule is CCOC(=O)C1=C(C)N=c2s/c(=C\c3ccc(-c4ccc(C(=O)O)cc4)o3)c(=O)n2[C@@H]1c1cccc2ccccc12. The number of carboxylic acids is 1. The molecule has 1 aliphatic rings. The van der Waals surface area contributed by atoms with Crippen LogP contribution in [-0.2, 0) is 9.53 Å². The summed E-state index contributed by atoms with van der Waals surface area (Å²) in [4.78, 5) is 43.5. The van der Waals surface area contributed by atoms with E-state index in [-0.39, 0.29) is 17.7 Å². The summed E-state index contributed by atoms with van der Waals surface area (Å²) in [7, 11) is 0. The van der Waals surface area contributed by atoms with E-state index in [1.165, 1.54) is 23.5 Å². The van der Waals surface area contributed by atoms with Gasteiger partial charge in [-0.05, 0) is 54.4 Å². The molecule has 0 saturated carbocycles. The van der Waals surface area contributed by atoms with Crippen molar-refractivity contribution in [1.82, 2.24) is 4.57 Å². The number of fused-ring (bicyclic) bond motifs is 2.